The molecule has 3 heterocycles. The summed E-state index contributed by atoms with van der Waals surface area (Å²) in [6, 6.07) is 2.73. The van der Waals surface area contributed by atoms with E-state index in [1.165, 1.54) is 17.5 Å². The number of aromatic nitrogens is 1. The van der Waals surface area contributed by atoms with E-state index in [2.05, 4.69) is 40.0 Å². The molecule has 1 N–H and O–H groups in total. The molecule has 2 aliphatic heterocycles. The molecular formula is C19H31N5O. The summed E-state index contributed by atoms with van der Waals surface area (Å²) in [5.74, 6) is 1.06. The van der Waals surface area contributed by atoms with Crippen LogP contribution >= 0.6 is 0 Å². The van der Waals surface area contributed by atoms with Gasteiger partial charge in [0.1, 0.15) is 0 Å². The average molecular weight is 345 g/mol. The van der Waals surface area contributed by atoms with Crippen LogP contribution in [-0.4, -0.2) is 79.3 Å². The number of guanidine groups is 1. The van der Waals surface area contributed by atoms with Crippen molar-refractivity contribution in [3.63, 3.8) is 0 Å². The summed E-state index contributed by atoms with van der Waals surface area (Å²) in [5.41, 5.74) is 2.58. The van der Waals surface area contributed by atoms with E-state index < -0.39 is 0 Å². The van der Waals surface area contributed by atoms with Crippen LogP contribution in [0.3, 0.4) is 0 Å². The lowest BCUT2D eigenvalue weighted by Crippen LogP contribution is -2.46. The van der Waals surface area contributed by atoms with E-state index in [1.54, 1.807) is 0 Å². The molecule has 0 amide bonds. The number of likely N-dealkylation sites (tertiary alicyclic amines) is 1. The normalized spacial score (nSPS) is 22.4. The Morgan fingerprint density at radius 1 is 1.36 bits per heavy atom. The summed E-state index contributed by atoms with van der Waals surface area (Å²) in [6.45, 7) is 12.0. The maximum absolute atomic E-state index is 5.48. The molecule has 6 heteroatoms. The molecule has 2 saturated heterocycles. The molecule has 2 aliphatic rings. The van der Waals surface area contributed by atoms with Crippen LogP contribution in [0.25, 0.3) is 0 Å². The van der Waals surface area contributed by atoms with Gasteiger partial charge < -0.3 is 15.0 Å². The van der Waals surface area contributed by atoms with Crippen molar-refractivity contribution < 1.29 is 4.74 Å². The molecule has 25 heavy (non-hydrogen) atoms. The van der Waals surface area contributed by atoms with Crippen molar-refractivity contribution in [2.75, 3.05) is 52.5 Å². The average Bonchev–Trinajstić information content (AvgIpc) is 3.13. The first-order valence-electron chi connectivity index (χ1n) is 9.52. The standard InChI is InChI=1S/C19H31N5O/c1-3-21-19(22-8-5-17-4-7-20-14-16(17)2)24-9-6-18(15-24)23-10-12-25-13-11-23/h4,7,14,18H,3,5-6,8-13,15H2,1-2H3,(H,21,22). The number of ether oxygens (including phenoxy) is 1. The number of nitrogens with zero attached hydrogens (tertiary/aromatic N) is 4. The molecule has 1 aromatic rings. The number of aliphatic imine (C=N–C) groups is 1. The van der Waals surface area contributed by atoms with Gasteiger partial charge in [-0.25, -0.2) is 0 Å². The molecule has 0 saturated carbocycles. The quantitative estimate of drug-likeness (QED) is 0.644. The van der Waals surface area contributed by atoms with Gasteiger partial charge in [0.25, 0.3) is 0 Å². The zero-order valence-electron chi connectivity index (χ0n) is 15.6. The molecule has 1 unspecified atom stereocenters. The summed E-state index contributed by atoms with van der Waals surface area (Å²) < 4.78 is 5.48. The van der Waals surface area contributed by atoms with Gasteiger partial charge in [-0.3, -0.25) is 14.9 Å². The molecular weight excluding hydrogens is 314 g/mol. The number of pyridine rings is 1. The van der Waals surface area contributed by atoms with E-state index in [4.69, 9.17) is 9.73 Å². The molecule has 2 fully saturated rings. The summed E-state index contributed by atoms with van der Waals surface area (Å²) in [4.78, 5) is 14.0. The van der Waals surface area contributed by atoms with E-state index in [-0.39, 0.29) is 0 Å². The molecule has 0 radical (unpaired) electrons. The Labute approximate surface area is 151 Å². The number of nitrogens with one attached hydrogen (secondary N) is 1. The van der Waals surface area contributed by atoms with Gasteiger partial charge >= 0.3 is 0 Å². The van der Waals surface area contributed by atoms with Crippen LogP contribution in [0.4, 0.5) is 0 Å². The highest BCUT2D eigenvalue weighted by Crippen LogP contribution is 2.17. The van der Waals surface area contributed by atoms with Gasteiger partial charge in [0.05, 0.1) is 13.2 Å². The maximum Gasteiger partial charge on any atom is 0.193 e. The SMILES string of the molecule is CCNC(=NCCc1ccncc1C)N1CCC(N2CCOCC2)C1. The highest BCUT2D eigenvalue weighted by molar-refractivity contribution is 5.80. The number of hydrogen-bond donors (Lipinski definition) is 1. The Morgan fingerprint density at radius 3 is 2.96 bits per heavy atom. The number of morpholine rings is 1. The van der Waals surface area contributed by atoms with Crippen LogP contribution < -0.4 is 5.32 Å². The van der Waals surface area contributed by atoms with Crippen LogP contribution in [0.2, 0.25) is 0 Å². The maximum atomic E-state index is 5.48. The van der Waals surface area contributed by atoms with Gasteiger partial charge in [0.2, 0.25) is 0 Å². The highest BCUT2D eigenvalue weighted by Gasteiger charge is 2.30. The fourth-order valence-electron chi connectivity index (χ4n) is 3.67. The third-order valence-electron chi connectivity index (χ3n) is 5.14. The van der Waals surface area contributed by atoms with Crippen molar-refractivity contribution in [1.82, 2.24) is 20.1 Å². The van der Waals surface area contributed by atoms with Crippen LogP contribution in [0.15, 0.2) is 23.5 Å². The summed E-state index contributed by atoms with van der Waals surface area (Å²) >= 11 is 0. The number of hydrogen-bond acceptors (Lipinski definition) is 4. The number of rotatable bonds is 5. The fourth-order valence-corrected chi connectivity index (χ4v) is 3.67. The Bertz CT molecular complexity index is 571. The highest BCUT2D eigenvalue weighted by atomic mass is 16.5. The van der Waals surface area contributed by atoms with Crippen molar-refractivity contribution in [2.24, 2.45) is 4.99 Å². The molecule has 0 bridgehead atoms. The molecule has 1 aromatic heterocycles. The first-order valence-corrected chi connectivity index (χ1v) is 9.52. The van der Waals surface area contributed by atoms with Gasteiger partial charge in [0.15, 0.2) is 5.96 Å². The molecule has 0 spiro atoms. The van der Waals surface area contributed by atoms with E-state index in [9.17, 15) is 0 Å². The fraction of sp³-hybridized carbons (Fsp3) is 0.684. The minimum atomic E-state index is 0.634. The minimum Gasteiger partial charge on any atom is -0.379 e. The van der Waals surface area contributed by atoms with Crippen molar-refractivity contribution >= 4 is 5.96 Å². The molecule has 138 valence electrons. The van der Waals surface area contributed by atoms with Crippen LogP contribution in [-0.2, 0) is 11.2 Å². The van der Waals surface area contributed by atoms with E-state index in [0.717, 1.165) is 64.9 Å². The second kappa shape index (κ2) is 9.15. The van der Waals surface area contributed by atoms with Gasteiger partial charge in [-0.1, -0.05) is 0 Å². The summed E-state index contributed by atoms with van der Waals surface area (Å²) in [5, 5.41) is 3.47. The minimum absolute atomic E-state index is 0.634. The molecule has 0 aliphatic carbocycles. The van der Waals surface area contributed by atoms with Gasteiger partial charge in [0, 0.05) is 57.7 Å². The van der Waals surface area contributed by atoms with Crippen LogP contribution in [0.1, 0.15) is 24.5 Å². The second-order valence-electron chi connectivity index (χ2n) is 6.82. The zero-order valence-corrected chi connectivity index (χ0v) is 15.6. The zero-order chi connectivity index (χ0) is 17.5. The summed E-state index contributed by atoms with van der Waals surface area (Å²) in [7, 11) is 0. The largest absolute Gasteiger partial charge is 0.379 e. The van der Waals surface area contributed by atoms with Crippen molar-refractivity contribution in [2.45, 2.75) is 32.7 Å². The second-order valence-corrected chi connectivity index (χ2v) is 6.82. The van der Waals surface area contributed by atoms with Gasteiger partial charge in [-0.05, 0) is 43.9 Å². The number of aryl methyl sites for hydroxylation is 1. The first-order chi connectivity index (χ1) is 12.3. The predicted octanol–water partition coefficient (Wildman–Crippen LogP) is 1.30. The van der Waals surface area contributed by atoms with Crippen molar-refractivity contribution in [3.8, 4) is 0 Å². The lowest BCUT2D eigenvalue weighted by Gasteiger charge is -2.32. The topological polar surface area (TPSA) is 53.0 Å². The van der Waals surface area contributed by atoms with Crippen molar-refractivity contribution in [1.29, 1.82) is 0 Å². The lowest BCUT2D eigenvalue weighted by atomic mass is 10.1. The molecule has 0 aromatic carbocycles. The molecule has 1 atom stereocenters. The molecule has 3 rings (SSSR count). The van der Waals surface area contributed by atoms with Gasteiger partial charge in [-0.15, -0.1) is 0 Å². The van der Waals surface area contributed by atoms with Crippen molar-refractivity contribution in [3.05, 3.63) is 29.6 Å². The van der Waals surface area contributed by atoms with E-state index in [1.807, 2.05) is 12.4 Å². The van der Waals surface area contributed by atoms with Gasteiger partial charge in [-0.2, -0.15) is 0 Å². The van der Waals surface area contributed by atoms with Crippen LogP contribution in [0.5, 0.6) is 0 Å². The Kier molecular flexibility index (Phi) is 6.64. The smallest absolute Gasteiger partial charge is 0.193 e. The van der Waals surface area contributed by atoms with E-state index in [0.29, 0.717) is 6.04 Å². The molecule has 6 nitrogen and oxygen atoms in total. The Balaban J connectivity index is 1.56. The van der Waals surface area contributed by atoms with Crippen LogP contribution in [0, 0.1) is 6.92 Å². The third-order valence-corrected chi connectivity index (χ3v) is 5.14. The first kappa shape index (κ1) is 18.1. The predicted molar refractivity (Wildman–Crippen MR) is 101 cm³/mol. The Morgan fingerprint density at radius 2 is 2.20 bits per heavy atom. The lowest BCUT2D eigenvalue weighted by molar-refractivity contribution is 0.0195. The van der Waals surface area contributed by atoms with E-state index >= 15 is 0 Å². The Hall–Kier alpha value is -1.66. The monoisotopic (exact) mass is 345 g/mol. The summed E-state index contributed by atoms with van der Waals surface area (Å²) in [6.07, 6.45) is 5.97. The third kappa shape index (κ3) is 4.92.